The maximum absolute atomic E-state index is 13.3. The number of halogens is 1. The molecular weight excluding hydrogens is 424 g/mol. The molecule has 3 aromatic rings. The minimum Gasteiger partial charge on any atom is -0.495 e. The van der Waals surface area contributed by atoms with E-state index in [1.54, 1.807) is 60.7 Å². The van der Waals surface area contributed by atoms with E-state index in [-0.39, 0.29) is 17.1 Å². The van der Waals surface area contributed by atoms with Gasteiger partial charge in [-0.05, 0) is 42.0 Å². The van der Waals surface area contributed by atoms with Crippen molar-refractivity contribution in [3.63, 3.8) is 0 Å². The van der Waals surface area contributed by atoms with Crippen molar-refractivity contribution >= 4 is 33.2 Å². The smallest absolute Gasteiger partial charge is 0.264 e. The quantitative estimate of drug-likeness (QED) is 0.572. The lowest BCUT2D eigenvalue weighted by Gasteiger charge is -2.25. The van der Waals surface area contributed by atoms with Gasteiger partial charge in [0, 0.05) is 11.6 Å². The van der Waals surface area contributed by atoms with Crippen LogP contribution in [0.2, 0.25) is 5.02 Å². The number of methoxy groups -OCH3 is 1. The zero-order valence-electron chi connectivity index (χ0n) is 16.3. The highest BCUT2D eigenvalue weighted by molar-refractivity contribution is 7.92. The Balaban J connectivity index is 1.89. The van der Waals surface area contributed by atoms with E-state index in [0.717, 1.165) is 9.87 Å². The maximum atomic E-state index is 13.3. The van der Waals surface area contributed by atoms with Gasteiger partial charge in [-0.15, -0.1) is 0 Å². The second-order valence-electron chi connectivity index (χ2n) is 6.40. The van der Waals surface area contributed by atoms with Crippen molar-refractivity contribution in [2.45, 2.75) is 11.4 Å². The SMILES string of the molecule is COc1ccccc1N(CC(=O)NCc1cccc(Cl)c1)S(=O)(=O)c1ccccc1. The molecule has 0 atom stereocenters. The summed E-state index contributed by atoms with van der Waals surface area (Å²) in [5, 5.41) is 3.30. The van der Waals surface area contributed by atoms with Crippen LogP contribution in [-0.2, 0) is 21.4 Å². The van der Waals surface area contributed by atoms with Crippen molar-refractivity contribution in [2.75, 3.05) is 18.0 Å². The molecule has 3 aromatic carbocycles. The Morgan fingerprint density at radius 1 is 1.00 bits per heavy atom. The maximum Gasteiger partial charge on any atom is 0.264 e. The van der Waals surface area contributed by atoms with Crippen molar-refractivity contribution in [3.05, 3.63) is 89.4 Å². The summed E-state index contributed by atoms with van der Waals surface area (Å²) in [5.41, 5.74) is 1.09. The van der Waals surface area contributed by atoms with Gasteiger partial charge in [0.2, 0.25) is 5.91 Å². The molecule has 0 saturated carbocycles. The lowest BCUT2D eigenvalue weighted by atomic mass is 10.2. The van der Waals surface area contributed by atoms with Crippen LogP contribution in [0.15, 0.2) is 83.8 Å². The summed E-state index contributed by atoms with van der Waals surface area (Å²) in [5.74, 6) is -0.111. The number of ether oxygens (including phenoxy) is 1. The number of nitrogens with one attached hydrogen (secondary N) is 1. The van der Waals surface area contributed by atoms with Crippen molar-refractivity contribution < 1.29 is 17.9 Å². The third kappa shape index (κ3) is 5.11. The van der Waals surface area contributed by atoms with Crippen LogP contribution in [0.25, 0.3) is 0 Å². The molecule has 8 heteroatoms. The largest absolute Gasteiger partial charge is 0.495 e. The van der Waals surface area contributed by atoms with Gasteiger partial charge >= 0.3 is 0 Å². The Labute approximate surface area is 181 Å². The normalized spacial score (nSPS) is 11.0. The number of carbonyl (C=O) groups is 1. The topological polar surface area (TPSA) is 75.7 Å². The van der Waals surface area contributed by atoms with E-state index >= 15 is 0 Å². The van der Waals surface area contributed by atoms with Gasteiger partial charge in [-0.1, -0.05) is 54.1 Å². The van der Waals surface area contributed by atoms with Crippen LogP contribution in [0, 0.1) is 0 Å². The number of sulfonamides is 1. The molecule has 3 rings (SSSR count). The van der Waals surface area contributed by atoms with E-state index in [2.05, 4.69) is 5.32 Å². The molecule has 6 nitrogen and oxygen atoms in total. The van der Waals surface area contributed by atoms with Gasteiger partial charge < -0.3 is 10.1 Å². The molecule has 0 aliphatic rings. The molecule has 0 radical (unpaired) electrons. The minimum atomic E-state index is -4.00. The first-order valence-corrected chi connectivity index (χ1v) is 11.0. The second kappa shape index (κ2) is 9.65. The number of para-hydroxylation sites is 2. The number of amides is 1. The molecule has 0 spiro atoms. The van der Waals surface area contributed by atoms with E-state index < -0.39 is 22.5 Å². The standard InChI is InChI=1S/C22H21ClN2O4S/c1-29-21-13-6-5-12-20(21)25(30(27,28)19-10-3-2-4-11-19)16-22(26)24-15-17-8-7-9-18(23)14-17/h2-14H,15-16H2,1H3,(H,24,26). The van der Waals surface area contributed by atoms with Gasteiger partial charge in [0.05, 0.1) is 17.7 Å². The average molecular weight is 445 g/mol. The second-order valence-corrected chi connectivity index (χ2v) is 8.70. The fourth-order valence-electron chi connectivity index (χ4n) is 2.89. The summed E-state index contributed by atoms with van der Waals surface area (Å²) >= 11 is 5.97. The molecule has 0 bridgehead atoms. The van der Waals surface area contributed by atoms with Crippen molar-refractivity contribution in [1.82, 2.24) is 5.32 Å². The zero-order valence-corrected chi connectivity index (χ0v) is 17.9. The highest BCUT2D eigenvalue weighted by Gasteiger charge is 2.29. The Hall–Kier alpha value is -3.03. The monoisotopic (exact) mass is 444 g/mol. The number of benzene rings is 3. The van der Waals surface area contributed by atoms with E-state index in [9.17, 15) is 13.2 Å². The van der Waals surface area contributed by atoms with Crippen molar-refractivity contribution in [2.24, 2.45) is 0 Å². The number of rotatable bonds is 8. The number of carbonyl (C=O) groups excluding carboxylic acids is 1. The van der Waals surface area contributed by atoms with Crippen molar-refractivity contribution in [1.29, 1.82) is 0 Å². The molecule has 156 valence electrons. The Morgan fingerprint density at radius 3 is 2.40 bits per heavy atom. The first-order valence-electron chi connectivity index (χ1n) is 9.14. The van der Waals surface area contributed by atoms with Gasteiger partial charge in [-0.3, -0.25) is 9.10 Å². The Kier molecular flexibility index (Phi) is 6.97. The third-order valence-corrected chi connectivity index (χ3v) is 6.36. The molecule has 0 aliphatic carbocycles. The molecule has 1 N–H and O–H groups in total. The summed E-state index contributed by atoms with van der Waals surface area (Å²) < 4.78 is 33.0. The fourth-order valence-corrected chi connectivity index (χ4v) is 4.55. The number of hydrogen-bond acceptors (Lipinski definition) is 4. The predicted octanol–water partition coefficient (Wildman–Crippen LogP) is 3.86. The van der Waals surface area contributed by atoms with Crippen LogP contribution in [0.3, 0.4) is 0 Å². The van der Waals surface area contributed by atoms with Crippen LogP contribution in [0.4, 0.5) is 5.69 Å². The Bertz CT molecular complexity index is 1120. The molecule has 30 heavy (non-hydrogen) atoms. The summed E-state index contributed by atoms with van der Waals surface area (Å²) in [6, 6.07) is 21.7. The van der Waals surface area contributed by atoms with E-state index in [4.69, 9.17) is 16.3 Å². The summed E-state index contributed by atoms with van der Waals surface area (Å²) in [6.45, 7) is -0.178. The predicted molar refractivity (Wildman–Crippen MR) is 117 cm³/mol. The fraction of sp³-hybridized carbons (Fsp3) is 0.136. The third-order valence-electron chi connectivity index (χ3n) is 4.35. The first kappa shape index (κ1) is 21.7. The summed E-state index contributed by atoms with van der Waals surface area (Å²) in [7, 11) is -2.55. The zero-order chi connectivity index (χ0) is 21.6. The van der Waals surface area contributed by atoms with Crippen LogP contribution in [0.5, 0.6) is 5.75 Å². The first-order chi connectivity index (χ1) is 14.4. The van der Waals surface area contributed by atoms with Crippen LogP contribution in [0.1, 0.15) is 5.56 Å². The van der Waals surface area contributed by atoms with Gasteiger partial charge in [0.1, 0.15) is 12.3 Å². The summed E-state index contributed by atoms with van der Waals surface area (Å²) in [4.78, 5) is 12.8. The van der Waals surface area contributed by atoms with Gasteiger partial charge in [0.15, 0.2) is 0 Å². The molecular formula is C22H21ClN2O4S. The molecule has 0 saturated heterocycles. The van der Waals surface area contributed by atoms with E-state index in [1.807, 2.05) is 6.07 Å². The Morgan fingerprint density at radius 2 is 1.70 bits per heavy atom. The van der Waals surface area contributed by atoms with E-state index in [1.165, 1.54) is 19.2 Å². The number of nitrogens with zero attached hydrogens (tertiary/aromatic N) is 1. The lowest BCUT2D eigenvalue weighted by Crippen LogP contribution is -2.40. The average Bonchev–Trinajstić information content (AvgIpc) is 2.76. The minimum absolute atomic E-state index is 0.0820. The van der Waals surface area contributed by atoms with Crippen LogP contribution >= 0.6 is 11.6 Å². The molecule has 0 unspecified atom stereocenters. The van der Waals surface area contributed by atoms with Crippen molar-refractivity contribution in [3.8, 4) is 5.75 Å². The van der Waals surface area contributed by atoms with Gasteiger partial charge in [-0.25, -0.2) is 8.42 Å². The number of anilines is 1. The van der Waals surface area contributed by atoms with E-state index in [0.29, 0.717) is 10.8 Å². The highest BCUT2D eigenvalue weighted by atomic mass is 35.5. The van der Waals surface area contributed by atoms with Gasteiger partial charge in [-0.2, -0.15) is 0 Å². The molecule has 0 heterocycles. The lowest BCUT2D eigenvalue weighted by molar-refractivity contribution is -0.119. The molecule has 0 fully saturated rings. The van der Waals surface area contributed by atoms with Gasteiger partial charge in [0.25, 0.3) is 10.0 Å². The van der Waals surface area contributed by atoms with Crippen LogP contribution < -0.4 is 14.4 Å². The molecule has 0 aliphatic heterocycles. The number of hydrogen-bond donors (Lipinski definition) is 1. The van der Waals surface area contributed by atoms with Crippen LogP contribution in [-0.4, -0.2) is 28.0 Å². The highest BCUT2D eigenvalue weighted by Crippen LogP contribution is 2.32. The summed E-state index contributed by atoms with van der Waals surface area (Å²) in [6.07, 6.45) is 0. The molecule has 0 aromatic heterocycles. The molecule has 1 amide bonds.